The van der Waals surface area contributed by atoms with Crippen molar-refractivity contribution in [3.63, 3.8) is 0 Å². The molecule has 8 nitrogen and oxygen atoms in total. The van der Waals surface area contributed by atoms with E-state index in [0.717, 1.165) is 84.6 Å². The Labute approximate surface area is 203 Å². The molecule has 4 rings (SSSR count). The molecular formula is C26H40N4O4. The maximum atomic E-state index is 13.3. The van der Waals surface area contributed by atoms with Crippen LogP contribution in [0.3, 0.4) is 0 Å². The highest BCUT2D eigenvalue weighted by Gasteiger charge is 2.34. The number of piperazine rings is 1. The fraction of sp³-hybridized carbons (Fsp3) is 0.692. The van der Waals surface area contributed by atoms with Gasteiger partial charge in [-0.3, -0.25) is 9.59 Å². The molecule has 3 saturated heterocycles. The zero-order valence-corrected chi connectivity index (χ0v) is 21.0. The first-order valence-electron chi connectivity index (χ1n) is 12.8. The first-order valence-corrected chi connectivity index (χ1v) is 12.8. The zero-order chi connectivity index (χ0) is 24.1. The molecule has 34 heavy (non-hydrogen) atoms. The first-order chi connectivity index (χ1) is 16.5. The van der Waals surface area contributed by atoms with E-state index in [2.05, 4.69) is 21.6 Å². The summed E-state index contributed by atoms with van der Waals surface area (Å²) in [6.07, 6.45) is 3.82. The summed E-state index contributed by atoms with van der Waals surface area (Å²) in [5.41, 5.74) is 0.505. The summed E-state index contributed by atoms with van der Waals surface area (Å²) in [4.78, 5) is 35.2. The predicted octanol–water partition coefficient (Wildman–Crippen LogP) is 2.18. The van der Waals surface area contributed by atoms with Gasteiger partial charge in [0.2, 0.25) is 5.91 Å². The van der Waals surface area contributed by atoms with Crippen LogP contribution >= 0.6 is 0 Å². The van der Waals surface area contributed by atoms with Crippen LogP contribution in [0.1, 0.15) is 43.0 Å². The molecule has 3 fully saturated rings. The van der Waals surface area contributed by atoms with Crippen LogP contribution in [0.5, 0.6) is 11.5 Å². The maximum Gasteiger partial charge on any atom is 0.261 e. The van der Waals surface area contributed by atoms with Crippen LogP contribution in [-0.2, 0) is 4.79 Å². The highest BCUT2D eigenvalue weighted by Crippen LogP contribution is 2.31. The third-order valence-electron chi connectivity index (χ3n) is 7.92. The lowest BCUT2D eigenvalue weighted by Gasteiger charge is -2.43. The van der Waals surface area contributed by atoms with Gasteiger partial charge in [0, 0.05) is 51.2 Å². The van der Waals surface area contributed by atoms with E-state index >= 15 is 0 Å². The number of likely N-dealkylation sites (tertiary alicyclic amines) is 2. The van der Waals surface area contributed by atoms with E-state index < -0.39 is 0 Å². The van der Waals surface area contributed by atoms with Crippen molar-refractivity contribution in [2.24, 2.45) is 5.92 Å². The second kappa shape index (κ2) is 11.4. The highest BCUT2D eigenvalue weighted by molar-refractivity contribution is 5.99. The zero-order valence-electron chi connectivity index (χ0n) is 21.0. The lowest BCUT2D eigenvalue weighted by atomic mass is 9.92. The number of likely N-dealkylation sites (N-methyl/N-ethyl adjacent to an activating group) is 1. The molecule has 0 unspecified atom stereocenters. The number of ether oxygens (including phenoxy) is 2. The summed E-state index contributed by atoms with van der Waals surface area (Å²) in [5, 5.41) is 0. The van der Waals surface area contributed by atoms with Gasteiger partial charge >= 0.3 is 0 Å². The van der Waals surface area contributed by atoms with E-state index in [4.69, 9.17) is 9.47 Å². The smallest absolute Gasteiger partial charge is 0.261 e. The van der Waals surface area contributed by atoms with Gasteiger partial charge < -0.3 is 29.1 Å². The van der Waals surface area contributed by atoms with Crippen LogP contribution < -0.4 is 9.47 Å². The topological polar surface area (TPSA) is 65.6 Å². The monoisotopic (exact) mass is 472 g/mol. The number of hydrogen-bond donors (Lipinski definition) is 0. The van der Waals surface area contributed by atoms with Crippen molar-refractivity contribution < 1.29 is 19.1 Å². The number of carbonyl (C=O) groups excluding carboxylic acids is 2. The molecule has 188 valence electrons. The van der Waals surface area contributed by atoms with Crippen LogP contribution in [0.4, 0.5) is 0 Å². The molecule has 0 bridgehead atoms. The second-order valence-electron chi connectivity index (χ2n) is 9.63. The lowest BCUT2D eigenvalue weighted by Crippen LogP contribution is -2.53. The Hall–Kier alpha value is -2.32. The van der Waals surface area contributed by atoms with Crippen molar-refractivity contribution in [3.8, 4) is 11.5 Å². The van der Waals surface area contributed by atoms with Crippen molar-refractivity contribution in [3.05, 3.63) is 23.8 Å². The summed E-state index contributed by atoms with van der Waals surface area (Å²) in [7, 11) is 3.16. The Morgan fingerprint density at radius 2 is 1.41 bits per heavy atom. The van der Waals surface area contributed by atoms with Crippen molar-refractivity contribution in [1.29, 1.82) is 0 Å². The molecule has 0 spiro atoms. The number of amides is 2. The molecule has 2 amide bonds. The van der Waals surface area contributed by atoms with E-state index in [-0.39, 0.29) is 11.8 Å². The fourth-order valence-electron chi connectivity index (χ4n) is 5.71. The Morgan fingerprint density at radius 1 is 0.824 bits per heavy atom. The Morgan fingerprint density at radius 3 is 1.94 bits per heavy atom. The molecule has 3 aliphatic rings. The van der Waals surface area contributed by atoms with E-state index in [1.54, 1.807) is 26.4 Å². The van der Waals surface area contributed by atoms with Gasteiger partial charge in [-0.15, -0.1) is 0 Å². The number of benzene rings is 1. The summed E-state index contributed by atoms with van der Waals surface area (Å²) < 4.78 is 10.9. The SMILES string of the molecule is CCN1CCN(C(=O)C2CCN(C3CCN(C(=O)c4c(OC)cccc4OC)CC3)CC2)CC1. The van der Waals surface area contributed by atoms with Crippen molar-refractivity contribution in [1.82, 2.24) is 19.6 Å². The fourth-order valence-corrected chi connectivity index (χ4v) is 5.71. The van der Waals surface area contributed by atoms with Crippen LogP contribution in [0.25, 0.3) is 0 Å². The molecule has 0 aromatic heterocycles. The molecule has 0 radical (unpaired) electrons. The Bertz CT molecular complexity index is 817. The van der Waals surface area contributed by atoms with E-state index in [1.165, 1.54) is 0 Å². The van der Waals surface area contributed by atoms with Crippen molar-refractivity contribution in [2.75, 3.05) is 73.1 Å². The summed E-state index contributed by atoms with van der Waals surface area (Å²) in [6.45, 7) is 10.4. The minimum Gasteiger partial charge on any atom is -0.496 e. The first kappa shape index (κ1) is 24.8. The third-order valence-corrected chi connectivity index (χ3v) is 7.92. The molecule has 1 aromatic carbocycles. The number of piperidine rings is 2. The molecule has 1 aromatic rings. The van der Waals surface area contributed by atoms with Crippen LogP contribution in [-0.4, -0.2) is 111 Å². The van der Waals surface area contributed by atoms with Gasteiger partial charge in [-0.05, 0) is 57.5 Å². The number of nitrogens with zero attached hydrogens (tertiary/aromatic N) is 4. The molecule has 0 saturated carbocycles. The van der Waals surface area contributed by atoms with Gasteiger partial charge in [-0.2, -0.15) is 0 Å². The quantitative estimate of drug-likeness (QED) is 0.633. The van der Waals surface area contributed by atoms with Gasteiger partial charge in [0.1, 0.15) is 17.1 Å². The average molecular weight is 473 g/mol. The number of carbonyl (C=O) groups is 2. The van der Waals surface area contributed by atoms with Crippen molar-refractivity contribution >= 4 is 11.8 Å². The second-order valence-corrected chi connectivity index (χ2v) is 9.63. The minimum absolute atomic E-state index is 0.0276. The van der Waals surface area contributed by atoms with E-state index in [9.17, 15) is 9.59 Å². The average Bonchev–Trinajstić information content (AvgIpc) is 2.92. The number of methoxy groups -OCH3 is 2. The molecule has 8 heteroatoms. The predicted molar refractivity (Wildman–Crippen MR) is 131 cm³/mol. The molecule has 0 atom stereocenters. The van der Waals surface area contributed by atoms with Gasteiger partial charge in [0.05, 0.1) is 14.2 Å². The summed E-state index contributed by atoms with van der Waals surface area (Å²) in [6, 6.07) is 5.92. The van der Waals surface area contributed by atoms with Gasteiger partial charge in [-0.1, -0.05) is 13.0 Å². The normalized spacial score (nSPS) is 21.5. The summed E-state index contributed by atoms with van der Waals surface area (Å²) >= 11 is 0. The Kier molecular flexibility index (Phi) is 8.32. The molecule has 3 heterocycles. The van der Waals surface area contributed by atoms with Crippen LogP contribution in [0.15, 0.2) is 18.2 Å². The van der Waals surface area contributed by atoms with Crippen LogP contribution in [0.2, 0.25) is 0 Å². The van der Waals surface area contributed by atoms with Gasteiger partial charge in [0.25, 0.3) is 5.91 Å². The molecular weight excluding hydrogens is 432 g/mol. The van der Waals surface area contributed by atoms with Gasteiger partial charge in [-0.25, -0.2) is 0 Å². The molecule has 0 N–H and O–H groups in total. The summed E-state index contributed by atoms with van der Waals surface area (Å²) in [5.74, 6) is 1.61. The molecule has 0 aliphatic carbocycles. The standard InChI is InChI=1S/C26H40N4O4/c1-4-27-16-18-30(19-17-27)25(31)20-8-12-28(13-9-20)21-10-14-29(15-11-21)26(32)24-22(33-2)6-5-7-23(24)34-3/h5-7,20-21H,4,8-19H2,1-3H3. The maximum absolute atomic E-state index is 13.3. The highest BCUT2D eigenvalue weighted by atomic mass is 16.5. The third kappa shape index (κ3) is 5.33. The van der Waals surface area contributed by atoms with Gasteiger partial charge in [0.15, 0.2) is 0 Å². The largest absolute Gasteiger partial charge is 0.496 e. The van der Waals surface area contributed by atoms with Crippen LogP contribution in [0, 0.1) is 5.92 Å². The molecule has 3 aliphatic heterocycles. The minimum atomic E-state index is -0.0276. The Balaban J connectivity index is 1.26. The lowest BCUT2D eigenvalue weighted by molar-refractivity contribution is -0.139. The van der Waals surface area contributed by atoms with Crippen molar-refractivity contribution in [2.45, 2.75) is 38.6 Å². The van der Waals surface area contributed by atoms with E-state index in [1.807, 2.05) is 11.0 Å². The number of hydrogen-bond acceptors (Lipinski definition) is 6. The van der Waals surface area contributed by atoms with E-state index in [0.29, 0.717) is 29.0 Å². The number of rotatable bonds is 6.